The van der Waals surface area contributed by atoms with Gasteiger partial charge in [0, 0.05) is 34.1 Å². The molecule has 4 aromatic rings. The summed E-state index contributed by atoms with van der Waals surface area (Å²) < 4.78 is 35.1. The Morgan fingerprint density at radius 2 is 1.88 bits per heavy atom. The number of thioether (sulfide) groups is 1. The molecule has 9 nitrogen and oxygen atoms in total. The summed E-state index contributed by atoms with van der Waals surface area (Å²) in [4.78, 5) is 1.15. The molecule has 0 unspecified atom stereocenters. The van der Waals surface area contributed by atoms with E-state index in [4.69, 9.17) is 28.6 Å². The molecule has 0 spiro atoms. The molecule has 2 N–H and O–H groups in total. The molecule has 1 aliphatic rings. The predicted octanol–water partition coefficient (Wildman–Crippen LogP) is 6.27. The molecule has 1 fully saturated rings. The molecule has 13 heteroatoms. The van der Waals surface area contributed by atoms with Gasteiger partial charge >= 0.3 is 0 Å². The van der Waals surface area contributed by atoms with Crippen LogP contribution in [0.2, 0.25) is 5.02 Å². The monoisotopic (exact) mass is 615 g/mol. The number of benzene rings is 3. The van der Waals surface area contributed by atoms with Gasteiger partial charge in [0.15, 0.2) is 5.69 Å². The number of fused-ring (bicyclic) bond motifs is 1. The number of azo groups is 1. The van der Waals surface area contributed by atoms with E-state index in [1.807, 2.05) is 42.7 Å². The Balaban J connectivity index is 1.54. The first-order valence-electron chi connectivity index (χ1n) is 12.3. The lowest BCUT2D eigenvalue weighted by atomic mass is 10.2. The molecule has 208 valence electrons. The van der Waals surface area contributed by atoms with Crippen LogP contribution in [0.3, 0.4) is 0 Å². The Bertz CT molecular complexity index is 1680. The number of sulfonamides is 1. The first-order valence-corrected chi connectivity index (χ1v) is 15.8. The number of aromatic hydroxyl groups is 1. The van der Waals surface area contributed by atoms with Crippen molar-refractivity contribution in [3.05, 3.63) is 77.3 Å². The lowest BCUT2D eigenvalue weighted by molar-refractivity contribution is 0.0730. The van der Waals surface area contributed by atoms with E-state index in [0.717, 1.165) is 16.1 Å². The molecule has 1 saturated heterocycles. The van der Waals surface area contributed by atoms with E-state index in [1.165, 1.54) is 16.4 Å². The number of hydrogen-bond donors (Lipinski definition) is 2. The van der Waals surface area contributed by atoms with E-state index in [9.17, 15) is 13.5 Å². The van der Waals surface area contributed by atoms with Crippen LogP contribution in [0.5, 0.6) is 5.88 Å². The number of nitrogens with zero attached hydrogens (tertiary/aromatic N) is 4. The minimum absolute atomic E-state index is 0.0911. The van der Waals surface area contributed by atoms with Gasteiger partial charge in [0.1, 0.15) is 0 Å². The third-order valence-electron chi connectivity index (χ3n) is 6.41. The molecule has 3 aromatic carbocycles. The lowest BCUT2D eigenvalue weighted by Crippen LogP contribution is -2.40. The number of halogens is 1. The van der Waals surface area contributed by atoms with Gasteiger partial charge in [-0.15, -0.1) is 22.0 Å². The molecule has 40 heavy (non-hydrogen) atoms. The summed E-state index contributed by atoms with van der Waals surface area (Å²) in [7, 11) is -3.78. The number of rotatable bonds is 7. The third-order valence-corrected chi connectivity index (χ3v) is 9.46. The van der Waals surface area contributed by atoms with E-state index in [2.05, 4.69) is 15.5 Å². The molecule has 5 rings (SSSR count). The van der Waals surface area contributed by atoms with Crippen LogP contribution in [-0.4, -0.2) is 60.1 Å². The number of ether oxygens (including phenoxy) is 1. The second kappa shape index (κ2) is 12.2. The highest BCUT2D eigenvalue weighted by molar-refractivity contribution is 7.98. The standard InChI is InChI=1S/C27H26ClN5O4S3/c1-39-21-4-2-3-20(15-21)29-27(38)31-30-25-23-16-22(40(35,36)32-11-13-37-14-12-32)9-10-24(23)33(26(25)34)17-18-5-7-19(28)8-6-18/h2-10,15-16,34H,11-14,17H2,1H3,(H,29,38). The quantitative estimate of drug-likeness (QED) is 0.143. The number of thiocarbonyl (C=S) groups is 1. The van der Waals surface area contributed by atoms with Crippen molar-refractivity contribution in [3.8, 4) is 5.88 Å². The average Bonchev–Trinajstić information content (AvgIpc) is 3.23. The predicted molar refractivity (Wildman–Crippen MR) is 163 cm³/mol. The molecule has 0 amide bonds. The zero-order chi connectivity index (χ0) is 28.3. The fraction of sp³-hybridized carbons (Fsp3) is 0.222. The summed E-state index contributed by atoms with van der Waals surface area (Å²) in [6.07, 6.45) is 1.98. The van der Waals surface area contributed by atoms with Crippen molar-refractivity contribution in [2.45, 2.75) is 16.3 Å². The van der Waals surface area contributed by atoms with Crippen molar-refractivity contribution in [2.24, 2.45) is 10.2 Å². The first-order chi connectivity index (χ1) is 19.3. The highest BCUT2D eigenvalue weighted by Crippen LogP contribution is 2.41. The maximum absolute atomic E-state index is 13.4. The maximum atomic E-state index is 13.4. The topological polar surface area (TPSA) is 109 Å². The molecular weight excluding hydrogens is 590 g/mol. The number of morpholine rings is 1. The third kappa shape index (κ3) is 6.17. The van der Waals surface area contributed by atoms with Gasteiger partial charge < -0.3 is 19.7 Å². The van der Waals surface area contributed by atoms with E-state index < -0.39 is 10.0 Å². The molecule has 0 aliphatic carbocycles. The minimum atomic E-state index is -3.78. The summed E-state index contributed by atoms with van der Waals surface area (Å²) in [6, 6.07) is 19.7. The zero-order valence-electron chi connectivity index (χ0n) is 21.4. The second-order valence-electron chi connectivity index (χ2n) is 8.94. The SMILES string of the molecule is CSc1cccc(NC(=S)N=Nc2c(O)n(Cc3ccc(Cl)cc3)c3ccc(S(=O)(=O)N4CCOCC4)cc23)c1. The molecule has 0 bridgehead atoms. The lowest BCUT2D eigenvalue weighted by Gasteiger charge is -2.26. The highest BCUT2D eigenvalue weighted by Gasteiger charge is 2.28. The summed E-state index contributed by atoms with van der Waals surface area (Å²) >= 11 is 13.0. The smallest absolute Gasteiger partial charge is 0.243 e. The Morgan fingerprint density at radius 1 is 1.12 bits per heavy atom. The van der Waals surface area contributed by atoms with E-state index in [1.54, 1.807) is 34.5 Å². The van der Waals surface area contributed by atoms with Gasteiger partial charge in [-0.05, 0) is 72.6 Å². The van der Waals surface area contributed by atoms with Gasteiger partial charge in [-0.25, -0.2) is 8.42 Å². The van der Waals surface area contributed by atoms with Gasteiger partial charge in [0.05, 0.1) is 30.2 Å². The number of aromatic nitrogens is 1. The summed E-state index contributed by atoms with van der Waals surface area (Å²) in [5.41, 5.74) is 2.35. The second-order valence-corrected chi connectivity index (χ2v) is 12.6. The van der Waals surface area contributed by atoms with Crippen LogP contribution in [0.4, 0.5) is 11.4 Å². The largest absolute Gasteiger partial charge is 0.493 e. The van der Waals surface area contributed by atoms with Crippen LogP contribution in [0, 0.1) is 0 Å². The van der Waals surface area contributed by atoms with Gasteiger partial charge in [-0.1, -0.05) is 29.8 Å². The molecule has 2 heterocycles. The van der Waals surface area contributed by atoms with Gasteiger partial charge in [0.2, 0.25) is 21.0 Å². The van der Waals surface area contributed by atoms with Crippen LogP contribution in [0.1, 0.15) is 5.56 Å². The summed E-state index contributed by atoms with van der Waals surface area (Å²) in [5.74, 6) is -0.165. The number of hydrogen-bond acceptors (Lipinski definition) is 7. The van der Waals surface area contributed by atoms with Crippen molar-refractivity contribution in [3.63, 3.8) is 0 Å². The Hall–Kier alpha value is -3.00. The molecule has 0 radical (unpaired) electrons. The highest BCUT2D eigenvalue weighted by atomic mass is 35.5. The van der Waals surface area contributed by atoms with Crippen LogP contribution in [-0.2, 0) is 21.3 Å². The summed E-state index contributed by atoms with van der Waals surface area (Å²) in [6.45, 7) is 1.52. The first kappa shape index (κ1) is 28.5. The van der Waals surface area contributed by atoms with Crippen molar-refractivity contribution in [1.82, 2.24) is 8.87 Å². The number of anilines is 1. The average molecular weight is 616 g/mol. The van der Waals surface area contributed by atoms with Crippen molar-refractivity contribution in [1.29, 1.82) is 0 Å². The van der Waals surface area contributed by atoms with Crippen molar-refractivity contribution in [2.75, 3.05) is 37.9 Å². The van der Waals surface area contributed by atoms with Crippen molar-refractivity contribution < 1.29 is 18.3 Å². The fourth-order valence-electron chi connectivity index (χ4n) is 4.37. The number of nitrogens with one attached hydrogen (secondary N) is 1. The van der Waals surface area contributed by atoms with Gasteiger partial charge in [-0.2, -0.15) is 4.31 Å². The molecule has 0 atom stereocenters. The normalized spacial score (nSPS) is 14.7. The fourth-order valence-corrected chi connectivity index (χ4v) is 6.55. The van der Waals surface area contributed by atoms with Gasteiger partial charge in [0.25, 0.3) is 0 Å². The maximum Gasteiger partial charge on any atom is 0.243 e. The van der Waals surface area contributed by atoms with E-state index >= 15 is 0 Å². The van der Waals surface area contributed by atoms with Gasteiger partial charge in [-0.3, -0.25) is 0 Å². The molecule has 1 aromatic heterocycles. The van der Waals surface area contributed by atoms with Crippen LogP contribution < -0.4 is 5.32 Å². The van der Waals surface area contributed by atoms with Crippen molar-refractivity contribution >= 4 is 73.0 Å². The zero-order valence-corrected chi connectivity index (χ0v) is 24.7. The van der Waals surface area contributed by atoms with E-state index in [-0.39, 0.29) is 34.7 Å². The van der Waals surface area contributed by atoms with Crippen LogP contribution in [0.25, 0.3) is 10.9 Å². The van der Waals surface area contributed by atoms with E-state index in [0.29, 0.717) is 35.7 Å². The van der Waals surface area contributed by atoms with Crippen LogP contribution >= 0.6 is 35.6 Å². The Morgan fingerprint density at radius 3 is 2.60 bits per heavy atom. The Labute approximate surface area is 246 Å². The minimum Gasteiger partial charge on any atom is -0.493 e. The van der Waals surface area contributed by atoms with Crippen LogP contribution in [0.15, 0.2) is 86.7 Å². The Kier molecular flexibility index (Phi) is 8.74. The molecular formula is C27H26ClN5O4S3. The molecule has 0 saturated carbocycles. The molecule has 1 aliphatic heterocycles. The summed E-state index contributed by atoms with van der Waals surface area (Å²) in [5, 5.41) is 23.8.